The van der Waals surface area contributed by atoms with Gasteiger partial charge in [0.05, 0.1) is 5.92 Å². The molecule has 0 aromatic heterocycles. The zero-order chi connectivity index (χ0) is 13.3. The van der Waals surface area contributed by atoms with Gasteiger partial charge in [-0.25, -0.2) is 0 Å². The van der Waals surface area contributed by atoms with Crippen molar-refractivity contribution in [1.29, 1.82) is 0 Å². The van der Waals surface area contributed by atoms with Crippen LogP contribution in [0.2, 0.25) is 0 Å². The van der Waals surface area contributed by atoms with Gasteiger partial charge in [0.2, 0.25) is 0 Å². The summed E-state index contributed by atoms with van der Waals surface area (Å²) in [5.41, 5.74) is 6.66. The van der Waals surface area contributed by atoms with E-state index in [4.69, 9.17) is 5.73 Å². The molecule has 5 heteroatoms. The summed E-state index contributed by atoms with van der Waals surface area (Å²) in [5.74, 6) is -1.35. The maximum atomic E-state index is 13.0. The first-order chi connectivity index (χ1) is 8.45. The summed E-state index contributed by atoms with van der Waals surface area (Å²) < 4.78 is 39.0. The van der Waals surface area contributed by atoms with E-state index in [1.807, 2.05) is 11.8 Å². The number of nitrogens with zero attached hydrogens (tertiary/aromatic N) is 1. The fourth-order valence-corrected chi connectivity index (χ4v) is 2.51. The van der Waals surface area contributed by atoms with Gasteiger partial charge in [0.25, 0.3) is 0 Å². The summed E-state index contributed by atoms with van der Waals surface area (Å²) >= 11 is 0. The van der Waals surface area contributed by atoms with E-state index in [0.717, 1.165) is 0 Å². The molecule has 2 rings (SSSR count). The van der Waals surface area contributed by atoms with Gasteiger partial charge in [0.1, 0.15) is 0 Å². The Bertz CT molecular complexity index is 417. The Morgan fingerprint density at radius 3 is 2.67 bits per heavy atom. The van der Waals surface area contributed by atoms with E-state index in [1.165, 1.54) is 0 Å². The molecule has 0 saturated heterocycles. The number of para-hydroxylation sites is 1. The number of hydrogen-bond donors (Lipinski definition) is 1. The van der Waals surface area contributed by atoms with E-state index in [-0.39, 0.29) is 12.5 Å². The minimum absolute atomic E-state index is 0.0559. The largest absolute Gasteiger partial charge is 0.395 e. The van der Waals surface area contributed by atoms with Crippen molar-refractivity contribution in [3.8, 4) is 0 Å². The lowest BCUT2D eigenvalue weighted by atomic mass is 9.88. The highest BCUT2D eigenvalue weighted by molar-refractivity contribution is 5.58. The molecular weight excluding hydrogens is 241 g/mol. The molecule has 100 valence electrons. The highest BCUT2D eigenvalue weighted by Gasteiger charge is 2.44. The fraction of sp³-hybridized carbons (Fsp3) is 0.538. The Morgan fingerprint density at radius 2 is 2.06 bits per heavy atom. The standard InChI is InChI=1S/C13H17F3N2/c1-9(8-17)18-7-6-11(13(14,15)16)10-4-2-3-5-12(10)18/h2-5,9,11H,6-8,17H2,1H3/t9-,11-/m1/s1. The summed E-state index contributed by atoms with van der Waals surface area (Å²) in [5, 5.41) is 0. The van der Waals surface area contributed by atoms with Gasteiger partial charge in [-0.05, 0) is 25.0 Å². The highest BCUT2D eigenvalue weighted by atomic mass is 19.4. The number of halogens is 3. The molecule has 1 aliphatic rings. The average Bonchev–Trinajstić information content (AvgIpc) is 2.35. The quantitative estimate of drug-likeness (QED) is 0.883. The van der Waals surface area contributed by atoms with Gasteiger partial charge in [0, 0.05) is 24.8 Å². The van der Waals surface area contributed by atoms with Crippen molar-refractivity contribution in [2.45, 2.75) is 31.5 Å². The number of benzene rings is 1. The molecule has 0 radical (unpaired) electrons. The smallest absolute Gasteiger partial charge is 0.367 e. The van der Waals surface area contributed by atoms with Crippen molar-refractivity contribution in [3.05, 3.63) is 29.8 Å². The number of alkyl halides is 3. The third kappa shape index (κ3) is 2.32. The molecular formula is C13H17F3N2. The summed E-state index contributed by atoms with van der Waals surface area (Å²) in [6.45, 7) is 2.77. The molecule has 1 aromatic carbocycles. The first-order valence-corrected chi connectivity index (χ1v) is 6.07. The number of fused-ring (bicyclic) bond motifs is 1. The van der Waals surface area contributed by atoms with Crippen LogP contribution in [0, 0.1) is 0 Å². The lowest BCUT2D eigenvalue weighted by molar-refractivity contribution is -0.152. The second-order valence-electron chi connectivity index (χ2n) is 4.72. The minimum Gasteiger partial charge on any atom is -0.367 e. The van der Waals surface area contributed by atoms with Crippen LogP contribution in [0.25, 0.3) is 0 Å². The van der Waals surface area contributed by atoms with Gasteiger partial charge >= 0.3 is 6.18 Å². The van der Waals surface area contributed by atoms with Gasteiger partial charge in [0.15, 0.2) is 0 Å². The zero-order valence-electron chi connectivity index (χ0n) is 10.2. The fourth-order valence-electron chi connectivity index (χ4n) is 2.51. The SMILES string of the molecule is C[C@H](CN)N1CC[C@@H](C(F)(F)F)c2ccccc21. The highest BCUT2D eigenvalue weighted by Crippen LogP contribution is 2.44. The molecule has 0 spiro atoms. The lowest BCUT2D eigenvalue weighted by Gasteiger charge is -2.39. The van der Waals surface area contributed by atoms with Crippen LogP contribution in [0.1, 0.15) is 24.8 Å². The van der Waals surface area contributed by atoms with Crippen LogP contribution >= 0.6 is 0 Å². The molecule has 2 nitrogen and oxygen atoms in total. The number of anilines is 1. The summed E-state index contributed by atoms with van der Waals surface area (Å²) in [6.07, 6.45) is -4.07. The molecule has 0 amide bonds. The Morgan fingerprint density at radius 1 is 1.39 bits per heavy atom. The molecule has 1 aliphatic heterocycles. The van der Waals surface area contributed by atoms with Crippen LogP contribution in [0.15, 0.2) is 24.3 Å². The third-order valence-corrected chi connectivity index (χ3v) is 3.55. The second-order valence-corrected chi connectivity index (χ2v) is 4.72. The minimum atomic E-state index is -4.17. The Balaban J connectivity index is 2.41. The van der Waals surface area contributed by atoms with Crippen molar-refractivity contribution < 1.29 is 13.2 Å². The van der Waals surface area contributed by atoms with Gasteiger partial charge in [-0.3, -0.25) is 0 Å². The molecule has 0 bridgehead atoms. The molecule has 0 unspecified atom stereocenters. The first-order valence-electron chi connectivity index (χ1n) is 6.07. The van der Waals surface area contributed by atoms with E-state index in [2.05, 4.69) is 0 Å². The molecule has 18 heavy (non-hydrogen) atoms. The zero-order valence-corrected chi connectivity index (χ0v) is 10.2. The molecule has 0 saturated carbocycles. The van der Waals surface area contributed by atoms with Crippen LogP contribution in [0.3, 0.4) is 0 Å². The van der Waals surface area contributed by atoms with Gasteiger partial charge in [-0.15, -0.1) is 0 Å². The maximum Gasteiger partial charge on any atom is 0.395 e. The second kappa shape index (κ2) is 4.80. The molecule has 0 aliphatic carbocycles. The number of rotatable bonds is 2. The van der Waals surface area contributed by atoms with E-state index in [0.29, 0.717) is 24.3 Å². The van der Waals surface area contributed by atoms with Crippen molar-refractivity contribution in [3.63, 3.8) is 0 Å². The average molecular weight is 258 g/mol. The monoisotopic (exact) mass is 258 g/mol. The van der Waals surface area contributed by atoms with E-state index in [9.17, 15) is 13.2 Å². The van der Waals surface area contributed by atoms with Crippen LogP contribution in [-0.2, 0) is 0 Å². The maximum absolute atomic E-state index is 13.0. The van der Waals surface area contributed by atoms with Crippen LogP contribution in [-0.4, -0.2) is 25.3 Å². The van der Waals surface area contributed by atoms with Gasteiger partial charge < -0.3 is 10.6 Å². The molecule has 1 heterocycles. The Labute approximate surface area is 105 Å². The molecule has 2 atom stereocenters. The number of nitrogens with two attached hydrogens (primary N) is 1. The van der Waals surface area contributed by atoms with Crippen molar-refractivity contribution in [2.75, 3.05) is 18.0 Å². The van der Waals surface area contributed by atoms with Gasteiger partial charge in [-0.2, -0.15) is 13.2 Å². The van der Waals surface area contributed by atoms with E-state index < -0.39 is 12.1 Å². The predicted molar refractivity (Wildman–Crippen MR) is 65.7 cm³/mol. The van der Waals surface area contributed by atoms with Crippen molar-refractivity contribution >= 4 is 5.69 Å². The molecule has 1 aromatic rings. The van der Waals surface area contributed by atoms with Crippen LogP contribution < -0.4 is 10.6 Å². The summed E-state index contributed by atoms with van der Waals surface area (Å²) in [7, 11) is 0. The van der Waals surface area contributed by atoms with Crippen LogP contribution in [0.5, 0.6) is 0 Å². The topological polar surface area (TPSA) is 29.3 Å². The predicted octanol–water partition coefficient (Wildman–Crippen LogP) is 2.89. The number of hydrogen-bond acceptors (Lipinski definition) is 2. The Kier molecular flexibility index (Phi) is 3.52. The van der Waals surface area contributed by atoms with Crippen molar-refractivity contribution in [2.24, 2.45) is 5.73 Å². The normalized spacial score (nSPS) is 21.6. The summed E-state index contributed by atoms with van der Waals surface area (Å²) in [4.78, 5) is 1.97. The lowest BCUT2D eigenvalue weighted by Crippen LogP contribution is -2.44. The van der Waals surface area contributed by atoms with Gasteiger partial charge in [-0.1, -0.05) is 18.2 Å². The molecule has 0 fully saturated rings. The van der Waals surface area contributed by atoms with Crippen LogP contribution in [0.4, 0.5) is 18.9 Å². The first kappa shape index (κ1) is 13.2. The molecule has 2 N–H and O–H groups in total. The van der Waals surface area contributed by atoms with E-state index in [1.54, 1.807) is 24.3 Å². The summed E-state index contributed by atoms with van der Waals surface area (Å²) in [6, 6.07) is 6.81. The third-order valence-electron chi connectivity index (χ3n) is 3.55. The Hall–Kier alpha value is -1.23. The van der Waals surface area contributed by atoms with E-state index >= 15 is 0 Å². The van der Waals surface area contributed by atoms with Crippen molar-refractivity contribution in [1.82, 2.24) is 0 Å².